The second-order valence-electron chi connectivity index (χ2n) is 6.96. The van der Waals surface area contributed by atoms with Gasteiger partial charge in [-0.1, -0.05) is 53.6 Å². The van der Waals surface area contributed by atoms with Gasteiger partial charge in [-0.3, -0.25) is 9.69 Å². The number of halogens is 1. The minimum Gasteiger partial charge on any atom is -0.350 e. The van der Waals surface area contributed by atoms with Crippen LogP contribution in [0.25, 0.3) is 0 Å². The van der Waals surface area contributed by atoms with Crippen molar-refractivity contribution < 1.29 is 4.79 Å². The molecule has 0 unspecified atom stereocenters. The van der Waals surface area contributed by atoms with Crippen molar-refractivity contribution in [3.8, 4) is 0 Å². The number of nitrogens with zero attached hydrogens (tertiary/aromatic N) is 2. The highest BCUT2D eigenvalue weighted by molar-refractivity contribution is 6.33. The van der Waals surface area contributed by atoms with Gasteiger partial charge in [0.1, 0.15) is 0 Å². The third-order valence-electron chi connectivity index (χ3n) is 5.02. The van der Waals surface area contributed by atoms with E-state index >= 15 is 0 Å². The molecule has 2 aromatic carbocycles. The molecule has 0 bridgehead atoms. The third-order valence-corrected chi connectivity index (χ3v) is 5.34. The fourth-order valence-electron chi connectivity index (χ4n) is 3.31. The highest BCUT2D eigenvalue weighted by atomic mass is 35.5. The van der Waals surface area contributed by atoms with Gasteiger partial charge in [0.2, 0.25) is 0 Å². The zero-order valence-corrected chi connectivity index (χ0v) is 16.2. The van der Waals surface area contributed by atoms with Crippen molar-refractivity contribution in [2.45, 2.75) is 13.0 Å². The summed E-state index contributed by atoms with van der Waals surface area (Å²) in [7, 11) is 2.15. The van der Waals surface area contributed by atoms with Gasteiger partial charge in [-0.15, -0.1) is 0 Å². The van der Waals surface area contributed by atoms with Crippen molar-refractivity contribution in [3.63, 3.8) is 0 Å². The van der Waals surface area contributed by atoms with Crippen LogP contribution >= 0.6 is 11.6 Å². The molecule has 26 heavy (non-hydrogen) atoms. The monoisotopic (exact) mass is 371 g/mol. The Balaban J connectivity index is 1.74. The molecule has 1 atom stereocenters. The van der Waals surface area contributed by atoms with E-state index in [1.54, 1.807) is 12.1 Å². The van der Waals surface area contributed by atoms with Crippen molar-refractivity contribution in [2.75, 3.05) is 39.8 Å². The zero-order valence-electron chi connectivity index (χ0n) is 15.4. The van der Waals surface area contributed by atoms with Crippen LogP contribution in [-0.2, 0) is 0 Å². The molecule has 1 saturated heterocycles. The summed E-state index contributed by atoms with van der Waals surface area (Å²) in [6.45, 7) is 6.74. The zero-order chi connectivity index (χ0) is 18.5. The molecule has 1 amide bonds. The van der Waals surface area contributed by atoms with Crippen LogP contribution in [-0.4, -0.2) is 55.5 Å². The Kier molecular flexibility index (Phi) is 6.30. The first kappa shape index (κ1) is 18.9. The van der Waals surface area contributed by atoms with Crippen LogP contribution in [0.4, 0.5) is 0 Å². The Labute approximate surface area is 160 Å². The number of hydrogen-bond donors (Lipinski definition) is 1. The second kappa shape index (κ2) is 8.67. The van der Waals surface area contributed by atoms with Crippen LogP contribution < -0.4 is 5.32 Å². The summed E-state index contributed by atoms with van der Waals surface area (Å²) in [5.74, 6) is -0.123. The number of benzene rings is 2. The number of nitrogens with one attached hydrogen (secondary N) is 1. The first-order valence-electron chi connectivity index (χ1n) is 9.06. The fourth-order valence-corrected chi connectivity index (χ4v) is 3.53. The first-order chi connectivity index (χ1) is 12.5. The molecule has 1 fully saturated rings. The summed E-state index contributed by atoms with van der Waals surface area (Å²) < 4.78 is 0. The largest absolute Gasteiger partial charge is 0.350 e. The number of piperazine rings is 1. The molecule has 0 aromatic heterocycles. The molecule has 1 aliphatic rings. The molecule has 2 aromatic rings. The van der Waals surface area contributed by atoms with E-state index in [1.165, 1.54) is 11.1 Å². The van der Waals surface area contributed by atoms with Gasteiger partial charge in [0.15, 0.2) is 0 Å². The van der Waals surface area contributed by atoms with E-state index in [4.69, 9.17) is 11.6 Å². The van der Waals surface area contributed by atoms with Gasteiger partial charge < -0.3 is 10.2 Å². The lowest BCUT2D eigenvalue weighted by atomic mass is 10.0. The summed E-state index contributed by atoms with van der Waals surface area (Å²) in [6.07, 6.45) is 0. The van der Waals surface area contributed by atoms with Crippen LogP contribution in [0.2, 0.25) is 5.02 Å². The number of rotatable bonds is 5. The predicted octanol–water partition coefficient (Wildman–Crippen LogP) is 3.37. The van der Waals surface area contributed by atoms with E-state index in [1.807, 2.05) is 12.1 Å². The SMILES string of the molecule is Cc1ccc([C@H](CNC(=O)c2ccccc2Cl)N2CCN(C)CC2)cc1. The van der Waals surface area contributed by atoms with E-state index < -0.39 is 0 Å². The summed E-state index contributed by atoms with van der Waals surface area (Å²) in [4.78, 5) is 17.4. The summed E-state index contributed by atoms with van der Waals surface area (Å²) in [5.41, 5.74) is 3.00. The lowest BCUT2D eigenvalue weighted by Crippen LogP contribution is -2.48. The molecule has 0 spiro atoms. The summed E-state index contributed by atoms with van der Waals surface area (Å²) in [6, 6.07) is 15.9. The number of hydrogen-bond acceptors (Lipinski definition) is 3. The quantitative estimate of drug-likeness (QED) is 0.875. The minimum absolute atomic E-state index is 0.123. The Morgan fingerprint density at radius 1 is 1.08 bits per heavy atom. The standard InChI is InChI=1S/C21H26ClN3O/c1-16-7-9-17(10-8-16)20(25-13-11-24(2)12-14-25)15-23-21(26)18-5-3-4-6-19(18)22/h3-10,20H,11-15H2,1-2H3,(H,23,26)/t20-/m0/s1. The van der Waals surface area contributed by atoms with E-state index in [2.05, 4.69) is 53.4 Å². The Bertz CT molecular complexity index is 739. The smallest absolute Gasteiger partial charge is 0.252 e. The Hall–Kier alpha value is -1.88. The van der Waals surface area contributed by atoms with Gasteiger partial charge in [0.05, 0.1) is 16.6 Å². The third kappa shape index (κ3) is 4.64. The molecule has 3 rings (SSSR count). The number of carbonyl (C=O) groups is 1. The maximum atomic E-state index is 12.6. The maximum Gasteiger partial charge on any atom is 0.252 e. The minimum atomic E-state index is -0.123. The average Bonchev–Trinajstić information content (AvgIpc) is 2.65. The lowest BCUT2D eigenvalue weighted by molar-refractivity contribution is 0.0886. The Morgan fingerprint density at radius 2 is 1.73 bits per heavy atom. The summed E-state index contributed by atoms with van der Waals surface area (Å²) in [5, 5.41) is 3.57. The van der Waals surface area contributed by atoms with E-state index in [9.17, 15) is 4.79 Å². The molecular weight excluding hydrogens is 346 g/mol. The van der Waals surface area contributed by atoms with Gasteiger partial charge in [-0.25, -0.2) is 0 Å². The maximum absolute atomic E-state index is 12.6. The van der Waals surface area contributed by atoms with Crippen molar-refractivity contribution >= 4 is 17.5 Å². The molecular formula is C21H26ClN3O. The van der Waals surface area contributed by atoms with E-state index in [-0.39, 0.29) is 11.9 Å². The van der Waals surface area contributed by atoms with Gasteiger partial charge in [0.25, 0.3) is 5.91 Å². The van der Waals surface area contributed by atoms with Gasteiger partial charge in [0, 0.05) is 32.7 Å². The van der Waals surface area contributed by atoms with Gasteiger partial charge in [-0.2, -0.15) is 0 Å². The van der Waals surface area contributed by atoms with Crippen LogP contribution in [0.15, 0.2) is 48.5 Å². The normalized spacial score (nSPS) is 17.0. The predicted molar refractivity (Wildman–Crippen MR) is 107 cm³/mol. The molecule has 0 aliphatic carbocycles. The average molecular weight is 372 g/mol. The van der Waals surface area contributed by atoms with Gasteiger partial charge in [-0.05, 0) is 31.7 Å². The molecule has 1 aliphatic heterocycles. The highest BCUT2D eigenvalue weighted by Crippen LogP contribution is 2.23. The molecule has 4 nitrogen and oxygen atoms in total. The van der Waals surface area contributed by atoms with E-state index in [0.29, 0.717) is 17.1 Å². The topological polar surface area (TPSA) is 35.6 Å². The highest BCUT2D eigenvalue weighted by Gasteiger charge is 2.24. The van der Waals surface area contributed by atoms with Crippen molar-refractivity contribution in [1.29, 1.82) is 0 Å². The number of amides is 1. The number of likely N-dealkylation sites (N-methyl/N-ethyl adjacent to an activating group) is 1. The number of aryl methyl sites for hydroxylation is 1. The lowest BCUT2D eigenvalue weighted by Gasteiger charge is -2.38. The van der Waals surface area contributed by atoms with Gasteiger partial charge >= 0.3 is 0 Å². The summed E-state index contributed by atoms with van der Waals surface area (Å²) >= 11 is 6.16. The number of carbonyl (C=O) groups excluding carboxylic acids is 1. The molecule has 1 N–H and O–H groups in total. The molecule has 138 valence electrons. The van der Waals surface area contributed by atoms with Crippen molar-refractivity contribution in [2.24, 2.45) is 0 Å². The second-order valence-corrected chi connectivity index (χ2v) is 7.36. The van der Waals surface area contributed by atoms with Crippen LogP contribution in [0.3, 0.4) is 0 Å². The molecule has 0 radical (unpaired) electrons. The van der Waals surface area contributed by atoms with Crippen LogP contribution in [0, 0.1) is 6.92 Å². The molecule has 0 saturated carbocycles. The van der Waals surface area contributed by atoms with Crippen molar-refractivity contribution in [1.82, 2.24) is 15.1 Å². The first-order valence-corrected chi connectivity index (χ1v) is 9.44. The van der Waals surface area contributed by atoms with Crippen LogP contribution in [0.5, 0.6) is 0 Å². The van der Waals surface area contributed by atoms with E-state index in [0.717, 1.165) is 26.2 Å². The molecule has 1 heterocycles. The van der Waals surface area contributed by atoms with Crippen LogP contribution in [0.1, 0.15) is 27.5 Å². The fraction of sp³-hybridized carbons (Fsp3) is 0.381. The molecule has 5 heteroatoms. The van der Waals surface area contributed by atoms with Crippen molar-refractivity contribution in [3.05, 3.63) is 70.2 Å². The Morgan fingerprint density at radius 3 is 2.38 bits per heavy atom.